The first-order valence-corrected chi connectivity index (χ1v) is 5.91. The van der Waals surface area contributed by atoms with Gasteiger partial charge in [0.1, 0.15) is 0 Å². The molecule has 0 aliphatic carbocycles. The second kappa shape index (κ2) is 8.55. The Morgan fingerprint density at radius 1 is 1.08 bits per heavy atom. The van der Waals surface area contributed by atoms with Crippen molar-refractivity contribution in [2.45, 2.75) is 65.3 Å². The van der Waals surface area contributed by atoms with Crippen LogP contribution in [-0.2, 0) is 0 Å². The third-order valence-electron chi connectivity index (χ3n) is 2.93. The molecule has 0 radical (unpaired) electrons. The van der Waals surface area contributed by atoms with E-state index < -0.39 is 0 Å². The molecular weight excluding hydrogens is 158 g/mol. The van der Waals surface area contributed by atoms with Crippen molar-refractivity contribution in [2.24, 2.45) is 5.92 Å². The van der Waals surface area contributed by atoms with Gasteiger partial charge in [-0.3, -0.25) is 0 Å². The van der Waals surface area contributed by atoms with Crippen LogP contribution in [-0.4, -0.2) is 13.1 Å². The lowest BCUT2D eigenvalue weighted by Gasteiger charge is -2.15. The molecule has 0 aromatic rings. The summed E-state index contributed by atoms with van der Waals surface area (Å²) >= 11 is 0. The maximum Gasteiger partial charge on any atom is 0.00614 e. The number of rotatable bonds is 8. The largest absolute Gasteiger partial charge is 0.317 e. The van der Waals surface area contributed by atoms with Gasteiger partial charge in [0.05, 0.1) is 0 Å². The summed E-state index contributed by atoms with van der Waals surface area (Å²) in [4.78, 5) is 0. The summed E-state index contributed by atoms with van der Waals surface area (Å²) in [5.74, 6) is 0.930. The van der Waals surface area contributed by atoms with Gasteiger partial charge in [0.25, 0.3) is 0 Å². The van der Waals surface area contributed by atoms with Gasteiger partial charge in [-0.05, 0) is 25.8 Å². The maximum atomic E-state index is 3.36. The number of hydrogen-bond acceptors (Lipinski definition) is 1. The SMILES string of the molecule is CCCC(C)CCCC(CC)NC. The summed E-state index contributed by atoms with van der Waals surface area (Å²) in [5.41, 5.74) is 0. The van der Waals surface area contributed by atoms with E-state index in [2.05, 4.69) is 33.1 Å². The van der Waals surface area contributed by atoms with E-state index in [1.165, 1.54) is 38.5 Å². The molecular formula is C12H27N. The Labute approximate surface area is 84.3 Å². The lowest BCUT2D eigenvalue weighted by molar-refractivity contribution is 0.420. The van der Waals surface area contributed by atoms with E-state index in [-0.39, 0.29) is 0 Å². The van der Waals surface area contributed by atoms with E-state index in [9.17, 15) is 0 Å². The van der Waals surface area contributed by atoms with Gasteiger partial charge in [-0.1, -0.05) is 46.5 Å². The molecule has 0 aliphatic heterocycles. The average molecular weight is 185 g/mol. The normalized spacial score (nSPS) is 15.7. The van der Waals surface area contributed by atoms with Crippen molar-refractivity contribution in [1.29, 1.82) is 0 Å². The van der Waals surface area contributed by atoms with Gasteiger partial charge in [-0.2, -0.15) is 0 Å². The molecule has 2 unspecified atom stereocenters. The highest BCUT2D eigenvalue weighted by Crippen LogP contribution is 2.15. The molecule has 0 spiro atoms. The molecule has 0 heterocycles. The molecule has 0 aliphatic rings. The van der Waals surface area contributed by atoms with Crippen molar-refractivity contribution in [3.05, 3.63) is 0 Å². The Morgan fingerprint density at radius 2 is 1.77 bits per heavy atom. The van der Waals surface area contributed by atoms with E-state index in [1.807, 2.05) is 0 Å². The summed E-state index contributed by atoms with van der Waals surface area (Å²) in [7, 11) is 2.07. The first-order valence-electron chi connectivity index (χ1n) is 5.91. The fourth-order valence-electron chi connectivity index (χ4n) is 1.90. The lowest BCUT2D eigenvalue weighted by atomic mass is 9.97. The Balaban J connectivity index is 3.32. The molecule has 13 heavy (non-hydrogen) atoms. The molecule has 0 aromatic carbocycles. The second-order valence-corrected chi connectivity index (χ2v) is 4.22. The molecule has 0 amide bonds. The van der Waals surface area contributed by atoms with Crippen LogP contribution in [0.2, 0.25) is 0 Å². The highest BCUT2D eigenvalue weighted by atomic mass is 14.9. The van der Waals surface area contributed by atoms with Crippen LogP contribution in [0.25, 0.3) is 0 Å². The van der Waals surface area contributed by atoms with Crippen molar-refractivity contribution in [2.75, 3.05) is 7.05 Å². The van der Waals surface area contributed by atoms with Gasteiger partial charge < -0.3 is 5.32 Å². The molecule has 0 bridgehead atoms. The second-order valence-electron chi connectivity index (χ2n) is 4.22. The van der Waals surface area contributed by atoms with E-state index >= 15 is 0 Å². The zero-order chi connectivity index (χ0) is 10.1. The smallest absolute Gasteiger partial charge is 0.00614 e. The highest BCUT2D eigenvalue weighted by Gasteiger charge is 2.04. The van der Waals surface area contributed by atoms with E-state index in [0.717, 1.165) is 12.0 Å². The van der Waals surface area contributed by atoms with Crippen LogP contribution in [0.3, 0.4) is 0 Å². The third kappa shape index (κ3) is 7.06. The van der Waals surface area contributed by atoms with Crippen LogP contribution >= 0.6 is 0 Å². The summed E-state index contributed by atoms with van der Waals surface area (Å²) in [6.45, 7) is 6.92. The highest BCUT2D eigenvalue weighted by molar-refractivity contribution is 4.63. The average Bonchev–Trinajstić information content (AvgIpc) is 2.13. The fraction of sp³-hybridized carbons (Fsp3) is 1.00. The Bertz CT molecular complexity index is 97.3. The Hall–Kier alpha value is -0.0400. The predicted molar refractivity (Wildman–Crippen MR) is 61.1 cm³/mol. The zero-order valence-corrected chi connectivity index (χ0v) is 9.90. The minimum absolute atomic E-state index is 0.744. The Kier molecular flexibility index (Phi) is 8.53. The maximum absolute atomic E-state index is 3.36. The van der Waals surface area contributed by atoms with Gasteiger partial charge in [0.15, 0.2) is 0 Å². The Morgan fingerprint density at radius 3 is 2.23 bits per heavy atom. The van der Waals surface area contributed by atoms with Crippen LogP contribution in [0.5, 0.6) is 0 Å². The van der Waals surface area contributed by atoms with Gasteiger partial charge in [-0.15, -0.1) is 0 Å². The van der Waals surface area contributed by atoms with Crippen molar-refractivity contribution < 1.29 is 0 Å². The van der Waals surface area contributed by atoms with E-state index in [1.54, 1.807) is 0 Å². The van der Waals surface area contributed by atoms with Crippen LogP contribution in [0.15, 0.2) is 0 Å². The summed E-state index contributed by atoms with van der Waals surface area (Å²) < 4.78 is 0. The molecule has 2 atom stereocenters. The first-order chi connectivity index (χ1) is 6.24. The zero-order valence-electron chi connectivity index (χ0n) is 9.90. The lowest BCUT2D eigenvalue weighted by Crippen LogP contribution is -2.23. The van der Waals surface area contributed by atoms with E-state index in [4.69, 9.17) is 0 Å². The molecule has 0 aromatic heterocycles. The van der Waals surface area contributed by atoms with Crippen molar-refractivity contribution in [3.8, 4) is 0 Å². The number of nitrogens with one attached hydrogen (secondary N) is 1. The summed E-state index contributed by atoms with van der Waals surface area (Å²) in [5, 5.41) is 3.36. The molecule has 0 saturated heterocycles. The summed E-state index contributed by atoms with van der Waals surface area (Å²) in [6, 6.07) is 0.744. The van der Waals surface area contributed by atoms with Crippen molar-refractivity contribution in [3.63, 3.8) is 0 Å². The monoisotopic (exact) mass is 185 g/mol. The van der Waals surface area contributed by atoms with Crippen LogP contribution in [0, 0.1) is 5.92 Å². The van der Waals surface area contributed by atoms with Crippen LogP contribution < -0.4 is 5.32 Å². The fourth-order valence-corrected chi connectivity index (χ4v) is 1.90. The van der Waals surface area contributed by atoms with Gasteiger partial charge >= 0.3 is 0 Å². The van der Waals surface area contributed by atoms with Crippen LogP contribution in [0.1, 0.15) is 59.3 Å². The topological polar surface area (TPSA) is 12.0 Å². The van der Waals surface area contributed by atoms with E-state index in [0.29, 0.717) is 0 Å². The van der Waals surface area contributed by atoms with Gasteiger partial charge in [-0.25, -0.2) is 0 Å². The minimum Gasteiger partial charge on any atom is -0.317 e. The molecule has 80 valence electrons. The molecule has 1 nitrogen and oxygen atoms in total. The molecule has 0 saturated carbocycles. The van der Waals surface area contributed by atoms with Crippen molar-refractivity contribution in [1.82, 2.24) is 5.32 Å². The van der Waals surface area contributed by atoms with Gasteiger partial charge in [0, 0.05) is 6.04 Å². The molecule has 0 fully saturated rings. The number of hydrogen-bond donors (Lipinski definition) is 1. The standard InChI is InChI=1S/C12H27N/c1-5-8-11(3)9-7-10-12(6-2)13-4/h11-13H,5-10H2,1-4H3. The van der Waals surface area contributed by atoms with Crippen LogP contribution in [0.4, 0.5) is 0 Å². The molecule has 1 heteroatoms. The quantitative estimate of drug-likeness (QED) is 0.609. The predicted octanol–water partition coefficient (Wildman–Crippen LogP) is 3.59. The molecule has 1 N–H and O–H groups in total. The third-order valence-corrected chi connectivity index (χ3v) is 2.93. The van der Waals surface area contributed by atoms with Gasteiger partial charge in [0.2, 0.25) is 0 Å². The minimum atomic E-state index is 0.744. The van der Waals surface area contributed by atoms with Crippen molar-refractivity contribution >= 4 is 0 Å². The summed E-state index contributed by atoms with van der Waals surface area (Å²) in [6.07, 6.45) is 8.15. The molecule has 0 rings (SSSR count). The first kappa shape index (κ1) is 13.0.